The van der Waals surface area contributed by atoms with Gasteiger partial charge in [0.05, 0.1) is 19.2 Å². The molecule has 0 saturated heterocycles. The van der Waals surface area contributed by atoms with E-state index in [0.29, 0.717) is 24.6 Å². The van der Waals surface area contributed by atoms with Crippen LogP contribution in [-0.4, -0.2) is 37.1 Å². The maximum absolute atomic E-state index is 11.4. The number of esters is 1. The van der Waals surface area contributed by atoms with Crippen LogP contribution in [0.4, 0.5) is 11.5 Å². The maximum atomic E-state index is 11.4. The molecule has 7 nitrogen and oxygen atoms in total. The van der Waals surface area contributed by atoms with Crippen LogP contribution < -0.4 is 16.4 Å². The molecule has 0 fully saturated rings. The first kappa shape index (κ1) is 16.7. The smallest absolute Gasteiger partial charge is 0.306 e. The summed E-state index contributed by atoms with van der Waals surface area (Å²) in [7, 11) is 1.30. The number of hydrogen-bond donors (Lipinski definition) is 3. The average molecular weight is 294 g/mol. The summed E-state index contributed by atoms with van der Waals surface area (Å²) in [5.41, 5.74) is 7.29. The summed E-state index contributed by atoms with van der Waals surface area (Å²) in [5.74, 6) is 0.119. The molecule has 0 unspecified atom stereocenters. The fourth-order valence-corrected chi connectivity index (χ4v) is 1.64. The fraction of sp³-hybridized carbons (Fsp3) is 0.500. The lowest BCUT2D eigenvalue weighted by Crippen LogP contribution is -2.26. The Morgan fingerprint density at radius 3 is 2.76 bits per heavy atom. The van der Waals surface area contributed by atoms with Crippen molar-refractivity contribution < 1.29 is 14.3 Å². The number of nitrogens with zero attached hydrogens (tertiary/aromatic N) is 1. The van der Waals surface area contributed by atoms with Crippen molar-refractivity contribution in [2.24, 2.45) is 0 Å². The van der Waals surface area contributed by atoms with Crippen LogP contribution in [0.25, 0.3) is 0 Å². The van der Waals surface area contributed by atoms with Crippen molar-refractivity contribution in [3.8, 4) is 0 Å². The molecule has 1 heterocycles. The Hall–Kier alpha value is -2.31. The first-order valence-corrected chi connectivity index (χ1v) is 6.83. The van der Waals surface area contributed by atoms with E-state index < -0.39 is 0 Å². The molecule has 0 saturated carbocycles. The van der Waals surface area contributed by atoms with Crippen LogP contribution in [0.1, 0.15) is 25.0 Å². The summed E-state index contributed by atoms with van der Waals surface area (Å²) in [6.45, 7) is 3.07. The van der Waals surface area contributed by atoms with Crippen molar-refractivity contribution in [3.05, 3.63) is 17.8 Å². The van der Waals surface area contributed by atoms with Crippen LogP contribution in [0.3, 0.4) is 0 Å². The Labute approximate surface area is 124 Å². The first-order valence-electron chi connectivity index (χ1n) is 6.83. The molecule has 0 radical (unpaired) electrons. The molecule has 0 aliphatic heterocycles. The van der Waals surface area contributed by atoms with Crippen molar-refractivity contribution in [1.29, 1.82) is 0 Å². The molecule has 1 amide bonds. The molecule has 0 aromatic carbocycles. The zero-order valence-electron chi connectivity index (χ0n) is 12.4. The van der Waals surface area contributed by atoms with E-state index in [2.05, 4.69) is 20.4 Å². The highest BCUT2D eigenvalue weighted by molar-refractivity contribution is 5.81. The fourth-order valence-electron chi connectivity index (χ4n) is 1.64. The van der Waals surface area contributed by atoms with E-state index in [-0.39, 0.29) is 24.7 Å². The first-order chi connectivity index (χ1) is 10.0. The molecule has 4 N–H and O–H groups in total. The summed E-state index contributed by atoms with van der Waals surface area (Å²) >= 11 is 0. The minimum absolute atomic E-state index is 0.102. The average Bonchev–Trinajstić information content (AvgIpc) is 2.47. The van der Waals surface area contributed by atoms with Crippen LogP contribution in [0.15, 0.2) is 12.1 Å². The molecule has 0 aliphatic rings. The summed E-state index contributed by atoms with van der Waals surface area (Å²) in [4.78, 5) is 26.6. The van der Waals surface area contributed by atoms with Crippen molar-refractivity contribution >= 4 is 23.4 Å². The zero-order chi connectivity index (χ0) is 15.7. The number of ether oxygens (including phenoxy) is 1. The van der Waals surface area contributed by atoms with E-state index in [1.54, 1.807) is 6.07 Å². The number of methoxy groups -OCH3 is 1. The van der Waals surface area contributed by atoms with E-state index >= 15 is 0 Å². The zero-order valence-corrected chi connectivity index (χ0v) is 12.4. The van der Waals surface area contributed by atoms with Crippen LogP contribution in [0.2, 0.25) is 0 Å². The number of nitrogens with two attached hydrogens (primary N) is 1. The van der Waals surface area contributed by atoms with Gasteiger partial charge in [-0.05, 0) is 25.5 Å². The summed E-state index contributed by atoms with van der Waals surface area (Å²) in [5, 5.41) is 5.86. The molecule has 1 aromatic rings. The van der Waals surface area contributed by atoms with Gasteiger partial charge in [-0.25, -0.2) is 4.98 Å². The number of nitrogens with one attached hydrogen (secondary N) is 2. The highest BCUT2D eigenvalue weighted by Gasteiger charge is 2.06. The van der Waals surface area contributed by atoms with Gasteiger partial charge in [0, 0.05) is 25.2 Å². The third kappa shape index (κ3) is 6.60. The molecular formula is C14H22N4O3. The predicted molar refractivity (Wildman–Crippen MR) is 80.8 cm³/mol. The van der Waals surface area contributed by atoms with Gasteiger partial charge in [-0.15, -0.1) is 0 Å². The van der Waals surface area contributed by atoms with Gasteiger partial charge in [-0.2, -0.15) is 0 Å². The number of carbonyl (C=O) groups is 2. The van der Waals surface area contributed by atoms with Gasteiger partial charge in [-0.3, -0.25) is 9.59 Å². The third-order valence-electron chi connectivity index (χ3n) is 2.82. The Balaban J connectivity index is 2.15. The van der Waals surface area contributed by atoms with Crippen molar-refractivity contribution in [2.45, 2.75) is 26.2 Å². The van der Waals surface area contributed by atoms with E-state index in [9.17, 15) is 9.59 Å². The van der Waals surface area contributed by atoms with Gasteiger partial charge >= 0.3 is 5.97 Å². The number of pyridine rings is 1. The number of hydrogen-bond acceptors (Lipinski definition) is 6. The Kier molecular flexibility index (Phi) is 7.00. The predicted octanol–water partition coefficient (Wildman–Crippen LogP) is 0.844. The molecule has 0 spiro atoms. The minimum atomic E-state index is -0.382. The van der Waals surface area contributed by atoms with Crippen molar-refractivity contribution in [1.82, 2.24) is 10.3 Å². The monoisotopic (exact) mass is 294 g/mol. The number of aromatic nitrogens is 1. The SMILES string of the molecule is COC(=O)CCC(=O)NCCCNc1nc(C)ccc1N. The van der Waals surface area contributed by atoms with Gasteiger partial charge in [-0.1, -0.05) is 0 Å². The lowest BCUT2D eigenvalue weighted by molar-refractivity contribution is -0.142. The third-order valence-corrected chi connectivity index (χ3v) is 2.82. The number of carbonyl (C=O) groups excluding carboxylic acids is 2. The van der Waals surface area contributed by atoms with Gasteiger partial charge in [0.2, 0.25) is 5.91 Å². The molecule has 0 atom stereocenters. The highest BCUT2D eigenvalue weighted by atomic mass is 16.5. The number of amides is 1. The Bertz CT molecular complexity index is 491. The molecule has 7 heteroatoms. The van der Waals surface area contributed by atoms with Crippen molar-refractivity contribution in [2.75, 3.05) is 31.2 Å². The van der Waals surface area contributed by atoms with Gasteiger partial charge in [0.1, 0.15) is 5.82 Å². The summed E-state index contributed by atoms with van der Waals surface area (Å²) in [6.07, 6.45) is 0.982. The second-order valence-electron chi connectivity index (χ2n) is 4.60. The molecule has 116 valence electrons. The lowest BCUT2D eigenvalue weighted by Gasteiger charge is -2.09. The quantitative estimate of drug-likeness (QED) is 0.484. The largest absolute Gasteiger partial charge is 0.469 e. The topological polar surface area (TPSA) is 106 Å². The number of rotatable bonds is 8. The highest BCUT2D eigenvalue weighted by Crippen LogP contribution is 2.14. The molecule has 0 aliphatic carbocycles. The van der Waals surface area contributed by atoms with Crippen LogP contribution in [-0.2, 0) is 14.3 Å². The number of anilines is 2. The maximum Gasteiger partial charge on any atom is 0.306 e. The van der Waals surface area contributed by atoms with Gasteiger partial charge < -0.3 is 21.1 Å². The van der Waals surface area contributed by atoms with Gasteiger partial charge in [0.15, 0.2) is 0 Å². The van der Waals surface area contributed by atoms with E-state index in [4.69, 9.17) is 5.73 Å². The van der Waals surface area contributed by atoms with Gasteiger partial charge in [0.25, 0.3) is 0 Å². The molecule has 21 heavy (non-hydrogen) atoms. The van der Waals surface area contributed by atoms with E-state index in [1.807, 2.05) is 13.0 Å². The lowest BCUT2D eigenvalue weighted by atomic mass is 10.3. The standard InChI is InChI=1S/C14H22N4O3/c1-10-4-5-11(15)14(18-10)17-9-3-8-16-12(19)6-7-13(20)21-2/h4-5H,3,6-9,15H2,1-2H3,(H,16,19)(H,17,18). The molecule has 1 rings (SSSR count). The Morgan fingerprint density at radius 1 is 1.29 bits per heavy atom. The van der Waals surface area contributed by atoms with Crippen LogP contribution in [0.5, 0.6) is 0 Å². The van der Waals surface area contributed by atoms with E-state index in [1.165, 1.54) is 7.11 Å². The normalized spacial score (nSPS) is 10.0. The van der Waals surface area contributed by atoms with Crippen LogP contribution >= 0.6 is 0 Å². The van der Waals surface area contributed by atoms with Crippen molar-refractivity contribution in [3.63, 3.8) is 0 Å². The second-order valence-corrected chi connectivity index (χ2v) is 4.60. The number of nitrogen functional groups attached to an aromatic ring is 1. The Morgan fingerprint density at radius 2 is 2.05 bits per heavy atom. The summed E-state index contributed by atoms with van der Waals surface area (Å²) < 4.78 is 4.47. The molecule has 0 bridgehead atoms. The minimum Gasteiger partial charge on any atom is -0.469 e. The molecular weight excluding hydrogens is 272 g/mol. The molecule has 1 aromatic heterocycles. The van der Waals surface area contributed by atoms with Crippen LogP contribution in [0, 0.1) is 6.92 Å². The number of aryl methyl sites for hydroxylation is 1. The van der Waals surface area contributed by atoms with E-state index in [0.717, 1.165) is 12.1 Å². The summed E-state index contributed by atoms with van der Waals surface area (Å²) in [6, 6.07) is 3.65. The second kappa shape index (κ2) is 8.78.